The van der Waals surface area contributed by atoms with Crippen molar-refractivity contribution in [3.05, 3.63) is 0 Å². The van der Waals surface area contributed by atoms with Gasteiger partial charge in [0, 0.05) is 12.6 Å². The van der Waals surface area contributed by atoms with Gasteiger partial charge in [0.15, 0.2) is 0 Å². The summed E-state index contributed by atoms with van der Waals surface area (Å²) in [5.74, 6) is -0.527. The van der Waals surface area contributed by atoms with Crippen LogP contribution in [0.1, 0.15) is 40.0 Å². The molecule has 2 amide bonds. The molecule has 0 saturated heterocycles. The molecule has 0 rings (SSSR count). The maximum absolute atomic E-state index is 11.9. The zero-order chi connectivity index (χ0) is 15.7. The van der Waals surface area contributed by atoms with Crippen molar-refractivity contribution in [1.82, 2.24) is 15.5 Å². The number of amides is 2. The van der Waals surface area contributed by atoms with E-state index in [1.165, 1.54) is 0 Å². The highest BCUT2D eigenvalue weighted by molar-refractivity contribution is 5.82. The van der Waals surface area contributed by atoms with Crippen molar-refractivity contribution in [2.75, 3.05) is 20.6 Å². The van der Waals surface area contributed by atoms with Crippen LogP contribution >= 0.6 is 0 Å². The van der Waals surface area contributed by atoms with Gasteiger partial charge in [-0.1, -0.05) is 27.2 Å². The van der Waals surface area contributed by atoms with Gasteiger partial charge < -0.3 is 20.6 Å². The molecule has 0 saturated carbocycles. The van der Waals surface area contributed by atoms with Gasteiger partial charge in [-0.05, 0) is 32.9 Å². The Balaban J connectivity index is 4.45. The predicted octanol–water partition coefficient (Wildman–Crippen LogP) is 1.52. The number of hydrogen-bond acceptors (Lipinski definition) is 3. The Morgan fingerprint density at radius 3 is 2.20 bits per heavy atom. The molecule has 0 fully saturated rings. The van der Waals surface area contributed by atoms with Crippen LogP contribution < -0.4 is 10.6 Å². The average molecular weight is 287 g/mol. The summed E-state index contributed by atoms with van der Waals surface area (Å²) in [6, 6.07) is -1.21. The van der Waals surface area contributed by atoms with Crippen LogP contribution in [-0.4, -0.2) is 54.7 Å². The summed E-state index contributed by atoms with van der Waals surface area (Å²) in [6.07, 6.45) is 2.01. The molecule has 6 heteroatoms. The fraction of sp³-hybridized carbons (Fsp3) is 0.857. The first kappa shape index (κ1) is 18.7. The third-order valence-electron chi connectivity index (χ3n) is 2.86. The van der Waals surface area contributed by atoms with Crippen molar-refractivity contribution in [3.63, 3.8) is 0 Å². The van der Waals surface area contributed by atoms with Crippen LogP contribution in [0, 0.1) is 5.92 Å². The van der Waals surface area contributed by atoms with E-state index in [1.807, 2.05) is 25.9 Å². The Kier molecular flexibility index (Phi) is 8.96. The Morgan fingerprint density at radius 2 is 1.80 bits per heavy atom. The molecule has 0 aliphatic heterocycles. The minimum atomic E-state index is -0.991. The highest BCUT2D eigenvalue weighted by Gasteiger charge is 2.21. The molecule has 3 N–H and O–H groups in total. The lowest BCUT2D eigenvalue weighted by Gasteiger charge is -2.25. The van der Waals surface area contributed by atoms with Crippen LogP contribution in [0.15, 0.2) is 0 Å². The number of carbonyl (C=O) groups excluding carboxylic acids is 1. The first-order valence-electron chi connectivity index (χ1n) is 7.20. The number of likely N-dealkylation sites (N-methyl/N-ethyl adjacent to an activating group) is 1. The average Bonchev–Trinajstić information content (AvgIpc) is 2.25. The van der Waals surface area contributed by atoms with Crippen LogP contribution in [0.4, 0.5) is 4.79 Å². The van der Waals surface area contributed by atoms with Gasteiger partial charge in [0.25, 0.3) is 0 Å². The van der Waals surface area contributed by atoms with Crippen LogP contribution in [-0.2, 0) is 4.79 Å². The van der Waals surface area contributed by atoms with E-state index >= 15 is 0 Å². The number of hydrogen-bond donors (Lipinski definition) is 3. The van der Waals surface area contributed by atoms with Crippen molar-refractivity contribution < 1.29 is 14.7 Å². The highest BCUT2D eigenvalue weighted by atomic mass is 16.4. The van der Waals surface area contributed by atoms with Gasteiger partial charge in [-0.3, -0.25) is 0 Å². The summed E-state index contributed by atoms with van der Waals surface area (Å²) >= 11 is 0. The summed E-state index contributed by atoms with van der Waals surface area (Å²) < 4.78 is 0. The Bertz CT molecular complexity index is 296. The van der Waals surface area contributed by atoms with Gasteiger partial charge in [-0.25, -0.2) is 9.59 Å². The van der Waals surface area contributed by atoms with Crippen LogP contribution in [0.2, 0.25) is 0 Å². The van der Waals surface area contributed by atoms with Crippen molar-refractivity contribution in [3.8, 4) is 0 Å². The number of carbonyl (C=O) groups is 2. The lowest BCUT2D eigenvalue weighted by atomic mass is 10.0. The minimum Gasteiger partial charge on any atom is -0.480 e. The molecule has 6 nitrogen and oxygen atoms in total. The SMILES string of the molecule is CCCC(NC(=O)NC(CC(C)C)CN(C)C)C(=O)O. The standard InChI is InChI=1S/C14H29N3O3/c1-6-7-12(13(18)19)16-14(20)15-11(8-10(2)3)9-17(4)5/h10-12H,6-9H2,1-5H3,(H,18,19)(H2,15,16,20). The van der Waals surface area contributed by atoms with Crippen molar-refractivity contribution >= 4 is 12.0 Å². The maximum Gasteiger partial charge on any atom is 0.326 e. The zero-order valence-corrected chi connectivity index (χ0v) is 13.3. The zero-order valence-electron chi connectivity index (χ0n) is 13.3. The van der Waals surface area contributed by atoms with Crippen LogP contribution in [0.25, 0.3) is 0 Å². The fourth-order valence-electron chi connectivity index (χ4n) is 2.12. The van der Waals surface area contributed by atoms with E-state index in [2.05, 4.69) is 24.5 Å². The molecule has 0 bridgehead atoms. The second-order valence-electron chi connectivity index (χ2n) is 5.89. The Morgan fingerprint density at radius 1 is 1.20 bits per heavy atom. The molecule has 20 heavy (non-hydrogen) atoms. The number of nitrogens with one attached hydrogen (secondary N) is 2. The quantitative estimate of drug-likeness (QED) is 0.600. The maximum atomic E-state index is 11.9. The minimum absolute atomic E-state index is 0.0149. The molecule has 0 aliphatic rings. The lowest BCUT2D eigenvalue weighted by Crippen LogP contribution is -2.51. The molecule has 118 valence electrons. The summed E-state index contributed by atoms with van der Waals surface area (Å²) in [5.41, 5.74) is 0. The molecule has 2 unspecified atom stereocenters. The fourth-order valence-corrected chi connectivity index (χ4v) is 2.12. The first-order chi connectivity index (χ1) is 9.26. The number of urea groups is 1. The second-order valence-corrected chi connectivity index (χ2v) is 5.89. The molecule has 0 aromatic rings. The van der Waals surface area contributed by atoms with Gasteiger partial charge >= 0.3 is 12.0 Å². The molecule has 2 atom stereocenters. The van der Waals surface area contributed by atoms with Crippen molar-refractivity contribution in [2.45, 2.75) is 52.1 Å². The summed E-state index contributed by atoms with van der Waals surface area (Å²) in [4.78, 5) is 24.9. The highest BCUT2D eigenvalue weighted by Crippen LogP contribution is 2.06. The smallest absolute Gasteiger partial charge is 0.326 e. The first-order valence-corrected chi connectivity index (χ1v) is 7.20. The molecule has 0 aromatic heterocycles. The number of nitrogens with zero attached hydrogens (tertiary/aromatic N) is 1. The van der Waals surface area contributed by atoms with Gasteiger partial charge in [0.2, 0.25) is 0 Å². The van der Waals surface area contributed by atoms with E-state index < -0.39 is 18.0 Å². The third-order valence-corrected chi connectivity index (χ3v) is 2.86. The molecular weight excluding hydrogens is 258 g/mol. The van der Waals surface area contributed by atoms with Gasteiger partial charge in [-0.15, -0.1) is 0 Å². The summed E-state index contributed by atoms with van der Waals surface area (Å²) in [7, 11) is 3.90. The van der Waals surface area contributed by atoms with E-state index in [0.29, 0.717) is 18.8 Å². The molecular formula is C14H29N3O3. The van der Waals surface area contributed by atoms with E-state index in [0.717, 1.165) is 13.0 Å². The van der Waals surface area contributed by atoms with E-state index in [9.17, 15) is 9.59 Å². The van der Waals surface area contributed by atoms with Crippen molar-refractivity contribution in [1.29, 1.82) is 0 Å². The normalized spacial score (nSPS) is 14.2. The Labute approximate surface area is 121 Å². The van der Waals surface area contributed by atoms with Gasteiger partial charge in [0.05, 0.1) is 0 Å². The number of rotatable bonds is 9. The van der Waals surface area contributed by atoms with E-state index in [1.54, 1.807) is 0 Å². The molecule has 0 spiro atoms. The topological polar surface area (TPSA) is 81.7 Å². The molecule has 0 radical (unpaired) electrons. The predicted molar refractivity (Wildman–Crippen MR) is 79.8 cm³/mol. The summed E-state index contributed by atoms with van der Waals surface area (Å²) in [5, 5.41) is 14.4. The van der Waals surface area contributed by atoms with Crippen LogP contribution in [0.3, 0.4) is 0 Å². The number of aliphatic carboxylic acids is 1. The number of carboxylic acid groups (broad SMARTS) is 1. The largest absolute Gasteiger partial charge is 0.480 e. The van der Waals surface area contributed by atoms with E-state index in [-0.39, 0.29) is 6.04 Å². The third kappa shape index (κ3) is 8.74. The molecule has 0 aromatic carbocycles. The monoisotopic (exact) mass is 287 g/mol. The molecule has 0 heterocycles. The van der Waals surface area contributed by atoms with Crippen molar-refractivity contribution in [2.24, 2.45) is 5.92 Å². The second kappa shape index (κ2) is 9.58. The van der Waals surface area contributed by atoms with Gasteiger partial charge in [-0.2, -0.15) is 0 Å². The van der Waals surface area contributed by atoms with Crippen LogP contribution in [0.5, 0.6) is 0 Å². The number of carboxylic acids is 1. The molecule has 0 aliphatic carbocycles. The van der Waals surface area contributed by atoms with Gasteiger partial charge in [0.1, 0.15) is 6.04 Å². The van der Waals surface area contributed by atoms with E-state index in [4.69, 9.17) is 5.11 Å². The Hall–Kier alpha value is -1.30. The lowest BCUT2D eigenvalue weighted by molar-refractivity contribution is -0.139. The summed E-state index contributed by atoms with van der Waals surface area (Å²) in [6.45, 7) is 6.82.